The van der Waals surface area contributed by atoms with Crippen molar-refractivity contribution in [2.45, 2.75) is 13.3 Å². The zero-order valence-electron chi connectivity index (χ0n) is 16.0. The summed E-state index contributed by atoms with van der Waals surface area (Å²) in [6.07, 6.45) is 2.14. The van der Waals surface area contributed by atoms with Crippen LogP contribution in [-0.2, 0) is 14.3 Å². The second-order valence-electron chi connectivity index (χ2n) is 5.98. The molecule has 2 aromatic carbocycles. The number of benzene rings is 2. The molecule has 0 bridgehead atoms. The SMILES string of the molecule is C=C(C)C(=O)OCCCOC(=O)c1ccc(C=Nc2ccc(OC)cc2)cc1. The van der Waals surface area contributed by atoms with E-state index in [1.807, 2.05) is 24.3 Å². The van der Waals surface area contributed by atoms with Crippen molar-refractivity contribution in [2.24, 2.45) is 4.99 Å². The number of carbonyl (C=O) groups excluding carboxylic acids is 2. The fourth-order valence-electron chi connectivity index (χ4n) is 2.12. The number of hydrogen-bond donors (Lipinski definition) is 0. The minimum absolute atomic E-state index is 0.170. The first-order valence-electron chi connectivity index (χ1n) is 8.77. The Kier molecular flexibility index (Phi) is 7.96. The molecule has 6 heteroatoms. The lowest BCUT2D eigenvalue weighted by Gasteiger charge is -2.06. The maximum absolute atomic E-state index is 12.0. The van der Waals surface area contributed by atoms with Crippen molar-refractivity contribution in [3.05, 3.63) is 71.8 Å². The molecule has 6 nitrogen and oxygen atoms in total. The predicted molar refractivity (Wildman–Crippen MR) is 107 cm³/mol. The standard InChI is InChI=1S/C22H23NO5/c1-16(2)21(24)27-13-4-14-28-22(25)18-7-5-17(6-8-18)15-23-19-9-11-20(26-3)12-10-19/h5-12,15H,1,4,13-14H2,2-3H3. The third kappa shape index (κ3) is 6.72. The summed E-state index contributed by atoms with van der Waals surface area (Å²) < 4.78 is 15.2. The van der Waals surface area contributed by atoms with E-state index in [1.54, 1.807) is 44.5 Å². The molecule has 28 heavy (non-hydrogen) atoms. The maximum Gasteiger partial charge on any atom is 0.338 e. The van der Waals surface area contributed by atoms with Gasteiger partial charge in [-0.2, -0.15) is 0 Å². The Balaban J connectivity index is 1.79. The zero-order valence-corrected chi connectivity index (χ0v) is 16.0. The first-order chi connectivity index (χ1) is 13.5. The Morgan fingerprint density at radius 2 is 1.64 bits per heavy atom. The fraction of sp³-hybridized carbons (Fsp3) is 0.227. The summed E-state index contributed by atoms with van der Waals surface area (Å²) in [5.41, 5.74) is 2.45. The van der Waals surface area contributed by atoms with Crippen molar-refractivity contribution in [3.8, 4) is 5.75 Å². The van der Waals surface area contributed by atoms with Crippen molar-refractivity contribution < 1.29 is 23.8 Å². The molecule has 0 unspecified atom stereocenters. The summed E-state index contributed by atoms with van der Waals surface area (Å²) in [7, 11) is 1.61. The molecular formula is C22H23NO5. The van der Waals surface area contributed by atoms with Crippen LogP contribution in [0.4, 0.5) is 5.69 Å². The van der Waals surface area contributed by atoms with Gasteiger partial charge in [0.05, 0.1) is 31.6 Å². The predicted octanol–water partition coefficient (Wildman–Crippen LogP) is 4.11. The van der Waals surface area contributed by atoms with Crippen LogP contribution in [-0.4, -0.2) is 38.5 Å². The summed E-state index contributed by atoms with van der Waals surface area (Å²) in [5, 5.41) is 0. The number of aliphatic imine (C=N–C) groups is 1. The van der Waals surface area contributed by atoms with Gasteiger partial charge in [-0.15, -0.1) is 0 Å². The smallest absolute Gasteiger partial charge is 0.338 e. The molecule has 0 fully saturated rings. The summed E-state index contributed by atoms with van der Waals surface area (Å²) in [6, 6.07) is 14.3. The van der Waals surface area contributed by atoms with E-state index in [4.69, 9.17) is 14.2 Å². The molecule has 0 aliphatic carbocycles. The van der Waals surface area contributed by atoms with Crippen LogP contribution >= 0.6 is 0 Å². The summed E-state index contributed by atoms with van der Waals surface area (Å²) in [5.74, 6) is -0.0983. The van der Waals surface area contributed by atoms with E-state index in [-0.39, 0.29) is 13.2 Å². The lowest BCUT2D eigenvalue weighted by molar-refractivity contribution is -0.139. The largest absolute Gasteiger partial charge is 0.497 e. The van der Waals surface area contributed by atoms with E-state index < -0.39 is 11.9 Å². The van der Waals surface area contributed by atoms with Gasteiger partial charge in [-0.05, 0) is 48.9 Å². The van der Waals surface area contributed by atoms with Gasteiger partial charge in [0.2, 0.25) is 0 Å². The second-order valence-corrected chi connectivity index (χ2v) is 5.98. The molecular weight excluding hydrogens is 358 g/mol. The van der Waals surface area contributed by atoms with E-state index in [2.05, 4.69) is 11.6 Å². The average Bonchev–Trinajstić information content (AvgIpc) is 2.72. The first-order valence-corrected chi connectivity index (χ1v) is 8.77. The highest BCUT2D eigenvalue weighted by Crippen LogP contribution is 2.17. The van der Waals surface area contributed by atoms with Crippen LogP contribution in [0.2, 0.25) is 0 Å². The maximum atomic E-state index is 12.0. The van der Waals surface area contributed by atoms with Crippen molar-refractivity contribution in [1.82, 2.24) is 0 Å². The Labute approximate surface area is 164 Å². The topological polar surface area (TPSA) is 74.2 Å². The van der Waals surface area contributed by atoms with Gasteiger partial charge in [0, 0.05) is 18.2 Å². The summed E-state index contributed by atoms with van der Waals surface area (Å²) in [6.45, 7) is 5.42. The van der Waals surface area contributed by atoms with Crippen LogP contribution in [0, 0.1) is 0 Å². The monoisotopic (exact) mass is 381 g/mol. The molecule has 0 aliphatic rings. The molecule has 0 saturated heterocycles. The van der Waals surface area contributed by atoms with Gasteiger partial charge in [-0.25, -0.2) is 9.59 Å². The first kappa shape index (κ1) is 20.9. The van der Waals surface area contributed by atoms with Gasteiger partial charge >= 0.3 is 11.9 Å². The van der Waals surface area contributed by atoms with E-state index in [1.165, 1.54) is 0 Å². The van der Waals surface area contributed by atoms with Crippen LogP contribution in [0.5, 0.6) is 5.75 Å². The van der Waals surface area contributed by atoms with E-state index >= 15 is 0 Å². The molecule has 2 aromatic rings. The zero-order chi connectivity index (χ0) is 20.4. The lowest BCUT2D eigenvalue weighted by atomic mass is 10.1. The van der Waals surface area contributed by atoms with Gasteiger partial charge in [-0.3, -0.25) is 4.99 Å². The highest BCUT2D eigenvalue weighted by atomic mass is 16.5. The van der Waals surface area contributed by atoms with Crippen LogP contribution in [0.3, 0.4) is 0 Å². The van der Waals surface area contributed by atoms with Crippen molar-refractivity contribution in [3.63, 3.8) is 0 Å². The third-order valence-corrected chi connectivity index (χ3v) is 3.68. The summed E-state index contributed by atoms with van der Waals surface area (Å²) in [4.78, 5) is 27.6. The van der Waals surface area contributed by atoms with Gasteiger partial charge in [-0.1, -0.05) is 18.7 Å². The molecule has 0 atom stereocenters. The minimum Gasteiger partial charge on any atom is -0.497 e. The normalized spacial score (nSPS) is 10.5. The Hall–Kier alpha value is -3.41. The third-order valence-electron chi connectivity index (χ3n) is 3.68. The molecule has 0 aromatic heterocycles. The van der Waals surface area contributed by atoms with Crippen molar-refractivity contribution >= 4 is 23.8 Å². The molecule has 0 aliphatic heterocycles. The van der Waals surface area contributed by atoms with Gasteiger partial charge in [0.25, 0.3) is 0 Å². The average molecular weight is 381 g/mol. The summed E-state index contributed by atoms with van der Waals surface area (Å²) >= 11 is 0. The highest BCUT2D eigenvalue weighted by molar-refractivity contribution is 5.91. The Bertz CT molecular complexity index is 838. The quantitative estimate of drug-likeness (QED) is 0.283. The fourth-order valence-corrected chi connectivity index (χ4v) is 2.12. The van der Waals surface area contributed by atoms with Crippen molar-refractivity contribution in [1.29, 1.82) is 0 Å². The number of methoxy groups -OCH3 is 1. The highest BCUT2D eigenvalue weighted by Gasteiger charge is 2.07. The molecule has 0 spiro atoms. The van der Waals surface area contributed by atoms with Crippen LogP contribution in [0.25, 0.3) is 0 Å². The molecule has 0 radical (unpaired) electrons. The number of esters is 2. The van der Waals surface area contributed by atoms with Crippen LogP contribution < -0.4 is 4.74 Å². The van der Waals surface area contributed by atoms with Gasteiger partial charge < -0.3 is 14.2 Å². The van der Waals surface area contributed by atoms with Gasteiger partial charge in [0.1, 0.15) is 5.75 Å². The molecule has 146 valence electrons. The lowest BCUT2D eigenvalue weighted by Crippen LogP contribution is -2.11. The number of rotatable bonds is 9. The number of hydrogen-bond acceptors (Lipinski definition) is 6. The van der Waals surface area contributed by atoms with Crippen molar-refractivity contribution in [2.75, 3.05) is 20.3 Å². The van der Waals surface area contributed by atoms with Crippen LogP contribution in [0.15, 0.2) is 65.7 Å². The number of ether oxygens (including phenoxy) is 3. The molecule has 0 heterocycles. The Morgan fingerprint density at radius 3 is 2.25 bits per heavy atom. The van der Waals surface area contributed by atoms with E-state index in [9.17, 15) is 9.59 Å². The molecule has 0 saturated carbocycles. The Morgan fingerprint density at radius 1 is 1.00 bits per heavy atom. The second kappa shape index (κ2) is 10.7. The minimum atomic E-state index is -0.446. The van der Waals surface area contributed by atoms with E-state index in [0.717, 1.165) is 17.0 Å². The molecule has 0 N–H and O–H groups in total. The number of nitrogens with zero attached hydrogens (tertiary/aromatic N) is 1. The number of carbonyl (C=O) groups is 2. The van der Waals surface area contributed by atoms with Gasteiger partial charge in [0.15, 0.2) is 0 Å². The molecule has 0 amide bonds. The van der Waals surface area contributed by atoms with E-state index in [0.29, 0.717) is 17.6 Å². The molecule has 2 rings (SSSR count). The van der Waals surface area contributed by atoms with Crippen LogP contribution in [0.1, 0.15) is 29.3 Å².